The van der Waals surface area contributed by atoms with Gasteiger partial charge in [0.2, 0.25) is 0 Å². The molecule has 0 radical (unpaired) electrons. The molecule has 182 valence electrons. The van der Waals surface area contributed by atoms with Crippen molar-refractivity contribution in [2.75, 3.05) is 0 Å². The van der Waals surface area contributed by atoms with Crippen LogP contribution in [0.15, 0.2) is 107 Å². The standard InChI is InChI=1S/C28H22O6S2/c29-35(30,31)27-5-1-3-23(19-27)9-7-21-11-15-25(16-12-21)26-17-13-22(14-18-26)8-10-24-4-2-6-28(20-24)36(32,33)34/h1-20H,(H,29,30,31)(H,32,33,34)/b9-7+,10-8+. The van der Waals surface area contributed by atoms with Gasteiger partial charge in [0, 0.05) is 0 Å². The summed E-state index contributed by atoms with van der Waals surface area (Å²) in [7, 11) is -8.48. The summed E-state index contributed by atoms with van der Waals surface area (Å²) in [4.78, 5) is -0.296. The molecule has 0 spiro atoms. The molecule has 4 aromatic carbocycles. The van der Waals surface area contributed by atoms with Gasteiger partial charge < -0.3 is 0 Å². The van der Waals surface area contributed by atoms with Crippen LogP contribution in [0.25, 0.3) is 35.4 Å². The van der Waals surface area contributed by atoms with Crippen molar-refractivity contribution in [1.82, 2.24) is 0 Å². The molecule has 2 N–H and O–H groups in total. The summed E-state index contributed by atoms with van der Waals surface area (Å²) in [5.41, 5.74) is 5.23. The van der Waals surface area contributed by atoms with Gasteiger partial charge in [-0.25, -0.2) is 0 Å². The van der Waals surface area contributed by atoms with Gasteiger partial charge in [0.15, 0.2) is 0 Å². The first kappa shape index (κ1) is 25.3. The Balaban J connectivity index is 1.44. The highest BCUT2D eigenvalue weighted by Crippen LogP contribution is 2.22. The molecule has 0 amide bonds. The number of hydrogen-bond donors (Lipinski definition) is 2. The van der Waals surface area contributed by atoms with E-state index in [2.05, 4.69) is 0 Å². The van der Waals surface area contributed by atoms with Crippen LogP contribution in [0.5, 0.6) is 0 Å². The van der Waals surface area contributed by atoms with Crippen molar-refractivity contribution in [3.63, 3.8) is 0 Å². The van der Waals surface area contributed by atoms with Crippen molar-refractivity contribution in [2.24, 2.45) is 0 Å². The molecule has 36 heavy (non-hydrogen) atoms. The molecule has 0 aliphatic carbocycles. The first-order valence-corrected chi connectivity index (χ1v) is 13.7. The Morgan fingerprint density at radius 1 is 0.444 bits per heavy atom. The molecular weight excluding hydrogens is 496 g/mol. The smallest absolute Gasteiger partial charge is 0.282 e. The number of rotatable bonds is 7. The first-order valence-electron chi connectivity index (χ1n) is 10.8. The van der Waals surface area contributed by atoms with E-state index in [1.807, 2.05) is 60.7 Å². The van der Waals surface area contributed by atoms with E-state index < -0.39 is 20.2 Å². The number of benzene rings is 4. The normalized spacial score (nSPS) is 12.4. The molecule has 0 saturated heterocycles. The van der Waals surface area contributed by atoms with Gasteiger partial charge in [-0.05, 0) is 57.6 Å². The minimum atomic E-state index is -4.24. The van der Waals surface area contributed by atoms with Crippen LogP contribution in [0.1, 0.15) is 22.3 Å². The molecule has 0 aromatic heterocycles. The van der Waals surface area contributed by atoms with Gasteiger partial charge in [0.05, 0.1) is 9.79 Å². The van der Waals surface area contributed by atoms with Gasteiger partial charge in [-0.1, -0.05) is 97.1 Å². The quantitative estimate of drug-likeness (QED) is 0.223. The van der Waals surface area contributed by atoms with Gasteiger partial charge in [-0.3, -0.25) is 9.11 Å². The van der Waals surface area contributed by atoms with E-state index in [-0.39, 0.29) is 9.79 Å². The summed E-state index contributed by atoms with van der Waals surface area (Å²) in [6, 6.07) is 27.9. The molecule has 8 heteroatoms. The minimum Gasteiger partial charge on any atom is -0.282 e. The van der Waals surface area contributed by atoms with Crippen molar-refractivity contribution < 1.29 is 25.9 Å². The molecule has 0 fully saturated rings. The summed E-state index contributed by atoms with van der Waals surface area (Å²) in [6.45, 7) is 0. The lowest BCUT2D eigenvalue weighted by molar-refractivity contribution is 0.481. The Bertz CT molecular complexity index is 1520. The lowest BCUT2D eigenvalue weighted by atomic mass is 10.0. The average Bonchev–Trinajstić information content (AvgIpc) is 2.86. The fourth-order valence-electron chi connectivity index (χ4n) is 3.52. The molecule has 6 nitrogen and oxygen atoms in total. The van der Waals surface area contributed by atoms with E-state index in [1.54, 1.807) is 36.4 Å². The number of hydrogen-bond acceptors (Lipinski definition) is 4. The van der Waals surface area contributed by atoms with Crippen LogP contribution in [-0.4, -0.2) is 25.9 Å². The van der Waals surface area contributed by atoms with Crippen molar-refractivity contribution >= 4 is 44.5 Å². The van der Waals surface area contributed by atoms with Crippen molar-refractivity contribution in [1.29, 1.82) is 0 Å². The molecule has 4 aromatic rings. The second-order valence-corrected chi connectivity index (χ2v) is 10.8. The van der Waals surface area contributed by atoms with Crippen LogP contribution in [0.3, 0.4) is 0 Å². The van der Waals surface area contributed by atoms with E-state index >= 15 is 0 Å². The third kappa shape index (κ3) is 6.65. The summed E-state index contributed by atoms with van der Waals surface area (Å²) in [5.74, 6) is 0. The molecule has 0 saturated carbocycles. The Labute approximate surface area is 210 Å². The van der Waals surface area contributed by atoms with E-state index in [0.29, 0.717) is 11.1 Å². The Morgan fingerprint density at radius 2 is 0.778 bits per heavy atom. The van der Waals surface area contributed by atoms with Crippen LogP contribution in [0.4, 0.5) is 0 Å². The Morgan fingerprint density at radius 3 is 1.11 bits per heavy atom. The van der Waals surface area contributed by atoms with E-state index in [4.69, 9.17) is 0 Å². The highest BCUT2D eigenvalue weighted by atomic mass is 32.2. The molecule has 0 bridgehead atoms. The summed E-state index contributed by atoms with van der Waals surface area (Å²) in [5, 5.41) is 0. The molecule has 0 heterocycles. The molecule has 0 aliphatic rings. The van der Waals surface area contributed by atoms with Gasteiger partial charge in [-0.15, -0.1) is 0 Å². The maximum Gasteiger partial charge on any atom is 0.294 e. The Kier molecular flexibility index (Phi) is 7.32. The van der Waals surface area contributed by atoms with E-state index in [0.717, 1.165) is 22.3 Å². The predicted molar refractivity (Wildman–Crippen MR) is 142 cm³/mol. The van der Waals surface area contributed by atoms with Gasteiger partial charge in [-0.2, -0.15) is 16.8 Å². The summed E-state index contributed by atoms with van der Waals surface area (Å²) in [6.07, 6.45) is 7.27. The first-order chi connectivity index (χ1) is 17.1. The van der Waals surface area contributed by atoms with Crippen molar-refractivity contribution in [3.05, 3.63) is 119 Å². The zero-order valence-corrected chi connectivity index (χ0v) is 20.5. The van der Waals surface area contributed by atoms with Crippen LogP contribution in [0, 0.1) is 0 Å². The highest BCUT2D eigenvalue weighted by Gasteiger charge is 2.09. The van der Waals surface area contributed by atoms with Crippen molar-refractivity contribution in [2.45, 2.75) is 9.79 Å². The SMILES string of the molecule is O=S(=O)(O)c1cccc(/C=C/c2ccc(-c3ccc(/C=C/c4cccc(S(=O)(=O)O)c4)cc3)cc2)c1. The second kappa shape index (κ2) is 10.4. The summed E-state index contributed by atoms with van der Waals surface area (Å²) >= 11 is 0. The predicted octanol–water partition coefficient (Wildman–Crippen LogP) is 6.19. The van der Waals surface area contributed by atoms with Crippen LogP contribution in [-0.2, 0) is 20.2 Å². The molecule has 0 atom stereocenters. The third-order valence-electron chi connectivity index (χ3n) is 5.40. The second-order valence-electron chi connectivity index (χ2n) is 8.01. The van der Waals surface area contributed by atoms with Crippen LogP contribution >= 0.6 is 0 Å². The maximum absolute atomic E-state index is 11.3. The van der Waals surface area contributed by atoms with Gasteiger partial charge >= 0.3 is 0 Å². The third-order valence-corrected chi connectivity index (χ3v) is 7.10. The van der Waals surface area contributed by atoms with E-state index in [1.165, 1.54) is 24.3 Å². The topological polar surface area (TPSA) is 109 Å². The lowest BCUT2D eigenvalue weighted by Gasteiger charge is -2.04. The van der Waals surface area contributed by atoms with Crippen LogP contribution in [0.2, 0.25) is 0 Å². The summed E-state index contributed by atoms with van der Waals surface area (Å²) < 4.78 is 63.6. The minimum absolute atomic E-state index is 0.148. The van der Waals surface area contributed by atoms with Crippen molar-refractivity contribution in [3.8, 4) is 11.1 Å². The highest BCUT2D eigenvalue weighted by molar-refractivity contribution is 7.86. The lowest BCUT2D eigenvalue weighted by Crippen LogP contribution is -1.97. The molecule has 0 aliphatic heterocycles. The fourth-order valence-corrected chi connectivity index (χ4v) is 4.59. The molecule has 4 rings (SSSR count). The largest absolute Gasteiger partial charge is 0.294 e. The molecule has 0 unspecified atom stereocenters. The van der Waals surface area contributed by atoms with Crippen LogP contribution < -0.4 is 0 Å². The van der Waals surface area contributed by atoms with Gasteiger partial charge in [0.25, 0.3) is 20.2 Å². The zero-order valence-electron chi connectivity index (χ0n) is 18.9. The Hall–Kier alpha value is -3.82. The average molecular weight is 519 g/mol. The fraction of sp³-hybridized carbons (Fsp3) is 0. The monoisotopic (exact) mass is 518 g/mol. The maximum atomic E-state index is 11.3. The molecular formula is C28H22O6S2. The van der Waals surface area contributed by atoms with E-state index in [9.17, 15) is 25.9 Å². The zero-order chi connectivity index (χ0) is 25.8. The van der Waals surface area contributed by atoms with Gasteiger partial charge in [0.1, 0.15) is 0 Å².